The number of alkyl halides is 1. The van der Waals surface area contributed by atoms with E-state index in [4.69, 9.17) is 11.6 Å². The average molecular weight is 264 g/mol. The Bertz CT molecular complexity index is 970. The van der Waals surface area contributed by atoms with Gasteiger partial charge in [0.05, 0.1) is 0 Å². The van der Waals surface area contributed by atoms with Crippen molar-refractivity contribution in [3.63, 3.8) is 0 Å². The molecule has 10 fully saturated rings. The van der Waals surface area contributed by atoms with Crippen molar-refractivity contribution in [3.05, 3.63) is 0 Å². The van der Waals surface area contributed by atoms with Crippen LogP contribution in [0.5, 0.6) is 0 Å². The van der Waals surface area contributed by atoms with E-state index < -0.39 is 12.5 Å². The van der Waals surface area contributed by atoms with Gasteiger partial charge >= 0.3 is 80.6 Å². The van der Waals surface area contributed by atoms with Crippen molar-refractivity contribution < 1.29 is 16.4 Å². The summed E-state index contributed by atoms with van der Waals surface area (Å²) >= 11 is 7.05. The zero-order chi connectivity index (χ0) is 9.51. The third-order valence-corrected chi connectivity index (χ3v) is 60.7. The number of carboxylic acids is 1. The molecule has 2 nitrogen and oxygen atoms in total. The van der Waals surface area contributed by atoms with Crippen molar-refractivity contribution in [2.75, 3.05) is 0 Å². The van der Waals surface area contributed by atoms with E-state index in [1.165, 1.54) is 0 Å². The molecule has 1 spiro atoms. The third kappa shape index (κ3) is 0.0396. The van der Waals surface area contributed by atoms with E-state index in [0.717, 1.165) is 38.5 Å². The predicted molar refractivity (Wildman–Crippen MR) is 48.9 cm³/mol. The van der Waals surface area contributed by atoms with E-state index in [-0.39, 0.29) is 8.09 Å². The number of aliphatic carboxylic acids is 1. The summed E-state index contributed by atoms with van der Waals surface area (Å²) in [5.74, 6) is -0.418. The number of hydrogen-bond acceptors (Lipinski definition) is 1. The third-order valence-electron chi connectivity index (χ3n) is 15.0. The second-order valence-corrected chi connectivity index (χ2v) is 34.1. The van der Waals surface area contributed by atoms with Crippen LogP contribution in [0.4, 0.5) is 0 Å². The summed E-state index contributed by atoms with van der Waals surface area (Å²) < 4.78 is -0.203. The average Bonchev–Trinajstić information content (AvgIpc) is 3.10. The van der Waals surface area contributed by atoms with Gasteiger partial charge in [-0.2, -0.15) is 0 Å². The van der Waals surface area contributed by atoms with Crippen LogP contribution in [0.1, 0.15) is 0 Å². The van der Waals surface area contributed by atoms with Crippen molar-refractivity contribution in [2.24, 2.45) is 0 Å². The molecule has 0 bridgehead atoms. The number of carbonyl (C=O) groups is 1. The number of carboxylic acid groups (broad SMARTS) is 1. The topological polar surface area (TPSA) is 37.3 Å². The first kappa shape index (κ1) is 5.29. The van der Waals surface area contributed by atoms with Crippen LogP contribution in [0.3, 0.4) is 0 Å². The van der Waals surface area contributed by atoms with Crippen LogP contribution in [-0.4, -0.2) is 14.8 Å². The van der Waals surface area contributed by atoms with Gasteiger partial charge in [0.1, 0.15) is 0 Å². The fourth-order valence-electron chi connectivity index (χ4n) is 16.8. The SMILES string of the molecule is O=C(O)[C]12[CH]3[CH]4[CH]5[C]1(Cl)[Fe]45321678[CH]2[CH]1[CH]6[CH]7[CH]28. The van der Waals surface area contributed by atoms with E-state index in [0.29, 0.717) is 0 Å². The normalized spacial score (nSPS) is 138. The summed E-state index contributed by atoms with van der Waals surface area (Å²) in [4.78, 5) is 19.6. The Hall–Kier alpha value is 0.279. The fraction of sp³-hybridized carbons (Fsp3) is 0.909. The maximum atomic E-state index is 11.9. The molecule has 0 aromatic carbocycles. The van der Waals surface area contributed by atoms with Gasteiger partial charge in [-0.25, -0.2) is 0 Å². The number of hydrogen-bond donors (Lipinski definition) is 1. The molecular formula is C11H9ClFeO2. The van der Waals surface area contributed by atoms with Gasteiger partial charge < -0.3 is 0 Å². The van der Waals surface area contributed by atoms with E-state index in [9.17, 15) is 9.90 Å². The molecule has 0 amide bonds. The molecule has 10 aliphatic heterocycles. The van der Waals surface area contributed by atoms with Crippen LogP contribution < -0.4 is 0 Å². The van der Waals surface area contributed by atoms with Gasteiger partial charge in [0.2, 0.25) is 0 Å². The molecule has 10 aliphatic rings. The van der Waals surface area contributed by atoms with E-state index in [1.54, 1.807) is 0 Å². The molecule has 10 saturated heterocycles. The number of halogens is 1. The zero-order valence-electron chi connectivity index (χ0n) is 7.71. The molecule has 0 aromatic rings. The number of rotatable bonds is 1. The summed E-state index contributed by atoms with van der Waals surface area (Å²) in [5.41, 5.74) is 0. The summed E-state index contributed by atoms with van der Waals surface area (Å²) in [6.07, 6.45) is 0. The second kappa shape index (κ2) is 0.355. The molecule has 0 radical (unpaired) electrons. The van der Waals surface area contributed by atoms with Gasteiger partial charge in [-0.15, -0.1) is 0 Å². The van der Waals surface area contributed by atoms with E-state index >= 15 is 0 Å². The first-order chi connectivity index (χ1) is 6.88. The van der Waals surface area contributed by atoms with Crippen LogP contribution in [0.15, 0.2) is 0 Å². The summed E-state index contributed by atoms with van der Waals surface area (Å²) in [6, 6.07) is 0. The molecule has 0 saturated carbocycles. The van der Waals surface area contributed by atoms with Gasteiger partial charge in [-0.1, -0.05) is 0 Å². The molecular weight excluding hydrogens is 255 g/mol. The molecule has 1 N–H and O–H groups in total. The Labute approximate surface area is 80.6 Å². The minimum absolute atomic E-state index is 0.0160. The summed E-state index contributed by atoms with van der Waals surface area (Å²) in [6.45, 7) is -3.59. The first-order valence-corrected chi connectivity index (χ1v) is 12.6. The van der Waals surface area contributed by atoms with Crippen molar-refractivity contribution in [1.29, 1.82) is 0 Å². The van der Waals surface area contributed by atoms with Crippen molar-refractivity contribution in [2.45, 2.75) is 46.6 Å². The Morgan fingerprint density at radius 3 is 1.67 bits per heavy atom. The van der Waals surface area contributed by atoms with Gasteiger partial charge in [-0.3, -0.25) is 0 Å². The monoisotopic (exact) mass is 264 g/mol. The molecule has 0 aliphatic carbocycles. The van der Waals surface area contributed by atoms with E-state index in [1.807, 2.05) is 0 Å². The maximum absolute atomic E-state index is 11.9. The number of fused-ring (bicyclic) bond motifs is 10. The van der Waals surface area contributed by atoms with Gasteiger partial charge in [0, 0.05) is 0 Å². The fourth-order valence-corrected chi connectivity index (χ4v) is 96.0. The Balaban J connectivity index is 1.95. The Morgan fingerprint density at radius 2 is 1.60 bits per heavy atom. The van der Waals surface area contributed by atoms with Crippen molar-refractivity contribution in [1.82, 2.24) is 0 Å². The van der Waals surface area contributed by atoms with Gasteiger partial charge in [-0.05, 0) is 0 Å². The van der Waals surface area contributed by atoms with Crippen molar-refractivity contribution >= 4 is 17.6 Å². The molecule has 5 unspecified atom stereocenters. The van der Waals surface area contributed by atoms with Crippen LogP contribution in [-0.2, 0) is 11.3 Å². The molecule has 0 aromatic heterocycles. The van der Waals surface area contributed by atoms with Crippen LogP contribution in [0, 0.1) is 0 Å². The predicted octanol–water partition coefficient (Wildman–Crippen LogP) is 2.98. The quantitative estimate of drug-likeness (QED) is 0.584. The molecule has 5 atom stereocenters. The summed E-state index contributed by atoms with van der Waals surface area (Å²) in [5, 5.41) is 9.83. The molecule has 4 heteroatoms. The first-order valence-electron chi connectivity index (χ1n) is 6.01. The summed E-state index contributed by atoms with van der Waals surface area (Å²) in [7, 11) is 0. The van der Waals surface area contributed by atoms with Gasteiger partial charge in [0.25, 0.3) is 0 Å². The van der Waals surface area contributed by atoms with Gasteiger partial charge in [0.15, 0.2) is 0 Å². The minimum atomic E-state index is -3.59. The standard InChI is InChI=1S/C6H4ClO2.C5H5.Fe/c7-5-3-1-2-4(5)6(8)9;1-2-4-5-3-1;/h1-3H,(H,8,9);1-5H;. The molecule has 80 valence electrons. The van der Waals surface area contributed by atoms with Crippen LogP contribution >= 0.6 is 11.6 Å². The van der Waals surface area contributed by atoms with Crippen LogP contribution in [0.2, 0.25) is 42.8 Å². The zero-order valence-corrected chi connectivity index (χ0v) is 9.57. The van der Waals surface area contributed by atoms with Crippen molar-refractivity contribution in [3.8, 4) is 0 Å². The van der Waals surface area contributed by atoms with E-state index in [2.05, 4.69) is 0 Å². The Morgan fingerprint density at radius 1 is 1.07 bits per heavy atom. The second-order valence-electron chi connectivity index (χ2n) is 9.97. The molecule has 10 heterocycles. The van der Waals surface area contributed by atoms with Crippen LogP contribution in [0.25, 0.3) is 0 Å². The molecule has 10 rings (SSSR count). The Kier molecular flexibility index (Phi) is 0.125. The molecule has 15 heavy (non-hydrogen) atoms.